The van der Waals surface area contributed by atoms with Gasteiger partial charge >= 0.3 is 0 Å². The van der Waals surface area contributed by atoms with Crippen LogP contribution in [0.2, 0.25) is 0 Å². The van der Waals surface area contributed by atoms with Crippen LogP contribution in [-0.2, 0) is 9.47 Å². The quantitative estimate of drug-likeness (QED) is 0.325. The SMILES string of the molecule is CCNC(=NCCCCOCCOC)NCCC1CCCC(C)C1. The van der Waals surface area contributed by atoms with E-state index in [-0.39, 0.29) is 0 Å². The summed E-state index contributed by atoms with van der Waals surface area (Å²) in [5, 5.41) is 6.83. The van der Waals surface area contributed by atoms with Crippen molar-refractivity contribution in [2.45, 2.75) is 58.8 Å². The van der Waals surface area contributed by atoms with Gasteiger partial charge in [0, 0.05) is 33.4 Å². The minimum atomic E-state index is 0.673. The van der Waals surface area contributed by atoms with Crippen molar-refractivity contribution in [3.05, 3.63) is 0 Å². The highest BCUT2D eigenvalue weighted by molar-refractivity contribution is 5.79. The molecule has 2 unspecified atom stereocenters. The van der Waals surface area contributed by atoms with Crippen LogP contribution in [0.4, 0.5) is 0 Å². The van der Waals surface area contributed by atoms with Crippen molar-refractivity contribution < 1.29 is 9.47 Å². The third kappa shape index (κ3) is 10.9. The molecule has 1 saturated carbocycles. The van der Waals surface area contributed by atoms with Crippen LogP contribution in [0.1, 0.15) is 58.8 Å². The molecule has 0 aromatic heterocycles. The lowest BCUT2D eigenvalue weighted by Crippen LogP contribution is -2.38. The first-order valence-electron chi connectivity index (χ1n) is 9.85. The summed E-state index contributed by atoms with van der Waals surface area (Å²) in [7, 11) is 1.70. The first-order chi connectivity index (χ1) is 11.8. The molecule has 0 aromatic rings. The van der Waals surface area contributed by atoms with Crippen LogP contribution in [0.5, 0.6) is 0 Å². The van der Waals surface area contributed by atoms with Crippen molar-refractivity contribution in [3.63, 3.8) is 0 Å². The molecule has 1 aliphatic rings. The third-order valence-corrected chi connectivity index (χ3v) is 4.63. The van der Waals surface area contributed by atoms with Crippen LogP contribution in [0.3, 0.4) is 0 Å². The predicted molar refractivity (Wildman–Crippen MR) is 102 cm³/mol. The zero-order valence-corrected chi connectivity index (χ0v) is 16.1. The lowest BCUT2D eigenvalue weighted by atomic mass is 9.81. The molecule has 0 aliphatic heterocycles. The average molecular weight is 342 g/mol. The first kappa shape index (κ1) is 21.2. The molecule has 0 saturated heterocycles. The molecule has 0 bridgehead atoms. The number of aliphatic imine (C=N–C) groups is 1. The van der Waals surface area contributed by atoms with E-state index in [1.54, 1.807) is 7.11 Å². The normalized spacial score (nSPS) is 21.7. The number of hydrogen-bond donors (Lipinski definition) is 2. The fourth-order valence-corrected chi connectivity index (χ4v) is 3.31. The maximum Gasteiger partial charge on any atom is 0.191 e. The van der Waals surface area contributed by atoms with Crippen LogP contribution in [0, 0.1) is 11.8 Å². The largest absolute Gasteiger partial charge is 0.382 e. The summed E-state index contributed by atoms with van der Waals surface area (Å²) in [6.45, 7) is 9.45. The topological polar surface area (TPSA) is 54.9 Å². The smallest absolute Gasteiger partial charge is 0.191 e. The highest BCUT2D eigenvalue weighted by Gasteiger charge is 2.18. The molecule has 1 rings (SSSR count). The van der Waals surface area contributed by atoms with Gasteiger partial charge in [-0.15, -0.1) is 0 Å². The second-order valence-electron chi connectivity index (χ2n) is 6.93. The van der Waals surface area contributed by atoms with Gasteiger partial charge in [0.25, 0.3) is 0 Å². The van der Waals surface area contributed by atoms with Crippen LogP contribution in [0.15, 0.2) is 4.99 Å². The Morgan fingerprint density at radius 2 is 2.00 bits per heavy atom. The molecule has 5 nitrogen and oxygen atoms in total. The van der Waals surface area contributed by atoms with Gasteiger partial charge in [0.15, 0.2) is 5.96 Å². The number of methoxy groups -OCH3 is 1. The molecule has 142 valence electrons. The summed E-state index contributed by atoms with van der Waals surface area (Å²) in [5.74, 6) is 2.77. The Balaban J connectivity index is 2.10. The Labute approximate surface area is 149 Å². The molecule has 2 atom stereocenters. The van der Waals surface area contributed by atoms with Gasteiger partial charge in [-0.05, 0) is 44.4 Å². The fraction of sp³-hybridized carbons (Fsp3) is 0.947. The summed E-state index contributed by atoms with van der Waals surface area (Å²) in [6.07, 6.45) is 9.01. The molecule has 24 heavy (non-hydrogen) atoms. The van der Waals surface area contributed by atoms with Gasteiger partial charge in [0.1, 0.15) is 0 Å². The van der Waals surface area contributed by atoms with Crippen LogP contribution in [-0.4, -0.2) is 52.5 Å². The Morgan fingerprint density at radius 1 is 1.12 bits per heavy atom. The van der Waals surface area contributed by atoms with E-state index in [0.29, 0.717) is 13.2 Å². The highest BCUT2D eigenvalue weighted by atomic mass is 16.5. The lowest BCUT2D eigenvalue weighted by molar-refractivity contribution is 0.0690. The first-order valence-corrected chi connectivity index (χ1v) is 9.85. The second kappa shape index (κ2) is 14.5. The molecule has 0 aromatic carbocycles. The van der Waals surface area contributed by atoms with Gasteiger partial charge in [-0.3, -0.25) is 4.99 Å². The van der Waals surface area contributed by atoms with E-state index in [2.05, 4.69) is 29.5 Å². The van der Waals surface area contributed by atoms with Gasteiger partial charge in [0.05, 0.1) is 13.2 Å². The predicted octanol–water partition coefficient (Wildman–Crippen LogP) is 3.20. The molecule has 1 aliphatic carbocycles. The number of hydrogen-bond acceptors (Lipinski definition) is 3. The van der Waals surface area contributed by atoms with Crippen molar-refractivity contribution in [1.82, 2.24) is 10.6 Å². The highest BCUT2D eigenvalue weighted by Crippen LogP contribution is 2.30. The van der Waals surface area contributed by atoms with Crippen LogP contribution in [0.25, 0.3) is 0 Å². The minimum Gasteiger partial charge on any atom is -0.382 e. The Hall–Kier alpha value is -0.810. The van der Waals surface area contributed by atoms with Crippen molar-refractivity contribution in [2.75, 3.05) is 46.6 Å². The zero-order valence-electron chi connectivity index (χ0n) is 16.1. The number of ether oxygens (including phenoxy) is 2. The molecular weight excluding hydrogens is 302 g/mol. The standard InChI is InChI=1S/C19H39N3O2/c1-4-20-19(21-11-5-6-13-24-15-14-23-3)22-12-10-18-9-7-8-17(2)16-18/h17-18H,4-16H2,1-3H3,(H2,20,21,22). The summed E-state index contributed by atoms with van der Waals surface area (Å²) in [6, 6.07) is 0. The van der Waals surface area contributed by atoms with Crippen LogP contribution >= 0.6 is 0 Å². The summed E-state index contributed by atoms with van der Waals surface area (Å²) in [5.41, 5.74) is 0. The van der Waals surface area contributed by atoms with Crippen molar-refractivity contribution >= 4 is 5.96 Å². The number of guanidine groups is 1. The van der Waals surface area contributed by atoms with Gasteiger partial charge in [-0.2, -0.15) is 0 Å². The minimum absolute atomic E-state index is 0.673. The molecule has 0 spiro atoms. The average Bonchev–Trinajstić information content (AvgIpc) is 2.57. The summed E-state index contributed by atoms with van der Waals surface area (Å²) < 4.78 is 10.4. The molecule has 2 N–H and O–H groups in total. The van der Waals surface area contributed by atoms with Gasteiger partial charge in [-0.25, -0.2) is 0 Å². The van der Waals surface area contributed by atoms with Gasteiger partial charge in [0.2, 0.25) is 0 Å². The Bertz CT molecular complexity index is 324. The molecule has 0 heterocycles. The molecule has 0 amide bonds. The number of nitrogens with zero attached hydrogens (tertiary/aromatic N) is 1. The molecular formula is C19H39N3O2. The van der Waals surface area contributed by atoms with E-state index in [4.69, 9.17) is 9.47 Å². The number of nitrogens with one attached hydrogen (secondary N) is 2. The van der Waals surface area contributed by atoms with Crippen LogP contribution < -0.4 is 10.6 Å². The van der Waals surface area contributed by atoms with E-state index < -0.39 is 0 Å². The summed E-state index contributed by atoms with van der Waals surface area (Å²) in [4.78, 5) is 4.66. The van der Waals surface area contributed by atoms with Crippen molar-refractivity contribution in [2.24, 2.45) is 16.8 Å². The van der Waals surface area contributed by atoms with Gasteiger partial charge in [-0.1, -0.05) is 26.2 Å². The molecule has 1 fully saturated rings. The number of rotatable bonds is 12. The van der Waals surface area contributed by atoms with Crippen molar-refractivity contribution in [1.29, 1.82) is 0 Å². The third-order valence-electron chi connectivity index (χ3n) is 4.63. The summed E-state index contributed by atoms with van der Waals surface area (Å²) >= 11 is 0. The maximum absolute atomic E-state index is 5.46. The van der Waals surface area contributed by atoms with E-state index in [0.717, 1.165) is 56.9 Å². The van der Waals surface area contributed by atoms with E-state index >= 15 is 0 Å². The Kier molecular flexibility index (Phi) is 12.9. The van der Waals surface area contributed by atoms with E-state index in [1.165, 1.54) is 32.1 Å². The lowest BCUT2D eigenvalue weighted by Gasteiger charge is -2.26. The fourth-order valence-electron chi connectivity index (χ4n) is 3.31. The Morgan fingerprint density at radius 3 is 2.75 bits per heavy atom. The number of unbranched alkanes of at least 4 members (excludes halogenated alkanes) is 1. The van der Waals surface area contributed by atoms with Gasteiger partial charge < -0.3 is 20.1 Å². The van der Waals surface area contributed by atoms with E-state index in [1.807, 2.05) is 0 Å². The monoisotopic (exact) mass is 341 g/mol. The maximum atomic E-state index is 5.46. The molecule has 5 heteroatoms. The molecule has 0 radical (unpaired) electrons. The van der Waals surface area contributed by atoms with Crippen molar-refractivity contribution in [3.8, 4) is 0 Å². The zero-order chi connectivity index (χ0) is 17.5. The second-order valence-corrected chi connectivity index (χ2v) is 6.93. The van der Waals surface area contributed by atoms with E-state index in [9.17, 15) is 0 Å².